The molecule has 1 atom stereocenters. The Kier molecular flexibility index (Phi) is 8.54. The van der Waals surface area contributed by atoms with E-state index in [-0.39, 0.29) is 43.9 Å². The van der Waals surface area contributed by atoms with Crippen LogP contribution >= 0.6 is 23.4 Å². The molecule has 1 saturated heterocycles. The van der Waals surface area contributed by atoms with E-state index in [9.17, 15) is 27.7 Å². The average Bonchev–Trinajstić information content (AvgIpc) is 2.89. The number of carbonyl (C=O) groups is 2. The van der Waals surface area contributed by atoms with Crippen LogP contribution in [0, 0.1) is 17.1 Å². The number of thioether (sulfide) groups is 1. The second-order valence-electron chi connectivity index (χ2n) is 8.62. The Balaban J connectivity index is 1.49. The number of anilines is 1. The minimum atomic E-state index is -3.72. The van der Waals surface area contributed by atoms with Crippen molar-refractivity contribution in [2.24, 2.45) is 0 Å². The second-order valence-corrected chi connectivity index (χ2v) is 12.0. The number of hydrogen-bond acceptors (Lipinski definition) is 6. The number of hydrogen-bond donors (Lipinski definition) is 2. The number of rotatable bonds is 7. The molecule has 0 bridgehead atoms. The normalized spacial score (nSPS) is 18.7. The number of allylic oxidation sites excluding steroid dienone is 1. The maximum atomic E-state index is 14.4. The predicted octanol–water partition coefficient (Wildman–Crippen LogP) is 4.36. The van der Waals surface area contributed by atoms with Crippen LogP contribution in [0.1, 0.15) is 37.2 Å². The van der Waals surface area contributed by atoms with Gasteiger partial charge < -0.3 is 10.6 Å². The van der Waals surface area contributed by atoms with Gasteiger partial charge in [-0.05, 0) is 42.7 Å². The molecule has 2 amide bonds. The van der Waals surface area contributed by atoms with Gasteiger partial charge in [0.15, 0.2) is 0 Å². The molecule has 0 radical (unpaired) electrons. The van der Waals surface area contributed by atoms with Gasteiger partial charge in [-0.2, -0.15) is 9.57 Å². The summed E-state index contributed by atoms with van der Waals surface area (Å²) >= 11 is 7.14. The molecule has 4 rings (SSSR count). The van der Waals surface area contributed by atoms with E-state index in [1.807, 2.05) is 6.07 Å². The molecule has 37 heavy (non-hydrogen) atoms. The van der Waals surface area contributed by atoms with Crippen LogP contribution in [-0.2, 0) is 19.6 Å². The zero-order valence-electron chi connectivity index (χ0n) is 19.7. The Morgan fingerprint density at radius 3 is 2.65 bits per heavy atom. The highest BCUT2D eigenvalue weighted by atomic mass is 35.5. The van der Waals surface area contributed by atoms with E-state index >= 15 is 0 Å². The lowest BCUT2D eigenvalue weighted by Gasteiger charge is -2.26. The number of piperidine rings is 1. The highest BCUT2D eigenvalue weighted by Gasteiger charge is 2.31. The van der Waals surface area contributed by atoms with Crippen molar-refractivity contribution in [2.75, 3.05) is 24.2 Å². The molecule has 2 aliphatic rings. The topological polar surface area (TPSA) is 119 Å². The summed E-state index contributed by atoms with van der Waals surface area (Å²) in [5.41, 5.74) is 0.530. The number of amides is 2. The number of carbonyl (C=O) groups excluding carboxylic acids is 2. The summed E-state index contributed by atoms with van der Waals surface area (Å²) < 4.78 is 41.8. The SMILES string of the molecule is N#CC1=C(SCC(=O)Nc2cc(S(=O)(=O)N3CCCCC3)ccc2Cl)NC(=O)C[C@H]1c1ccccc1F. The van der Waals surface area contributed by atoms with Crippen molar-refractivity contribution in [1.82, 2.24) is 9.62 Å². The molecule has 2 aliphatic heterocycles. The lowest BCUT2D eigenvalue weighted by molar-refractivity contribution is -0.121. The van der Waals surface area contributed by atoms with E-state index in [1.165, 1.54) is 40.7 Å². The standard InChI is InChI=1S/C25H24ClFN4O4S2/c26-20-9-8-16(37(34,35)31-10-4-1-5-11-31)12-22(20)29-24(33)15-36-25-19(14-28)18(13-23(32)30-25)17-6-2-3-7-21(17)27/h2-3,6-9,12,18H,1,4-5,10-11,13,15H2,(H,29,33)(H,30,32)/t18-/m0/s1. The van der Waals surface area contributed by atoms with Crippen molar-refractivity contribution >= 4 is 50.9 Å². The molecule has 12 heteroatoms. The second kappa shape index (κ2) is 11.6. The molecule has 194 valence electrons. The summed E-state index contributed by atoms with van der Waals surface area (Å²) in [7, 11) is -3.72. The third-order valence-corrected chi connectivity index (χ3v) is 9.39. The number of nitriles is 1. The summed E-state index contributed by atoms with van der Waals surface area (Å²) in [5.74, 6) is -2.41. The van der Waals surface area contributed by atoms with E-state index in [4.69, 9.17) is 11.6 Å². The largest absolute Gasteiger partial charge is 0.324 e. The molecule has 1 fully saturated rings. The van der Waals surface area contributed by atoms with Gasteiger partial charge in [-0.15, -0.1) is 0 Å². The van der Waals surface area contributed by atoms with Gasteiger partial charge in [0, 0.05) is 25.4 Å². The number of nitrogens with one attached hydrogen (secondary N) is 2. The molecule has 2 aromatic rings. The molecule has 0 aromatic heterocycles. The van der Waals surface area contributed by atoms with Crippen molar-refractivity contribution in [3.05, 3.63) is 69.5 Å². The van der Waals surface area contributed by atoms with E-state index < -0.39 is 33.6 Å². The molecular weight excluding hydrogens is 539 g/mol. The lowest BCUT2D eigenvalue weighted by Crippen LogP contribution is -2.35. The van der Waals surface area contributed by atoms with Crippen LogP contribution in [0.25, 0.3) is 0 Å². The van der Waals surface area contributed by atoms with E-state index in [1.54, 1.807) is 6.07 Å². The van der Waals surface area contributed by atoms with Crippen LogP contribution in [0.15, 0.2) is 58.0 Å². The summed E-state index contributed by atoms with van der Waals surface area (Å²) in [5, 5.41) is 15.3. The highest BCUT2D eigenvalue weighted by molar-refractivity contribution is 8.03. The van der Waals surface area contributed by atoms with Gasteiger partial charge >= 0.3 is 0 Å². The van der Waals surface area contributed by atoms with Gasteiger partial charge in [0.05, 0.1) is 38.0 Å². The fourth-order valence-corrected chi connectivity index (χ4v) is 6.88. The maximum Gasteiger partial charge on any atom is 0.243 e. The Morgan fingerprint density at radius 1 is 1.22 bits per heavy atom. The number of sulfonamides is 1. The zero-order valence-corrected chi connectivity index (χ0v) is 22.1. The van der Waals surface area contributed by atoms with Gasteiger partial charge in [-0.3, -0.25) is 9.59 Å². The Bertz CT molecular complexity index is 1400. The first-order chi connectivity index (χ1) is 17.7. The average molecular weight is 563 g/mol. The van der Waals surface area contributed by atoms with Crippen molar-refractivity contribution in [3.63, 3.8) is 0 Å². The molecular formula is C25H24ClFN4O4S2. The first-order valence-corrected chi connectivity index (χ1v) is 14.4. The van der Waals surface area contributed by atoms with Crippen molar-refractivity contribution in [3.8, 4) is 6.07 Å². The fraction of sp³-hybridized carbons (Fsp3) is 0.320. The Labute approximate surface area is 223 Å². The van der Waals surface area contributed by atoms with Crippen molar-refractivity contribution < 1.29 is 22.4 Å². The molecule has 0 spiro atoms. The van der Waals surface area contributed by atoms with Gasteiger partial charge in [-0.25, -0.2) is 12.8 Å². The predicted molar refractivity (Wildman–Crippen MR) is 140 cm³/mol. The Morgan fingerprint density at radius 2 is 1.95 bits per heavy atom. The quantitative estimate of drug-likeness (QED) is 0.517. The van der Waals surface area contributed by atoms with Gasteiger partial charge in [0.25, 0.3) is 0 Å². The Hall–Kier alpha value is -2.91. The van der Waals surface area contributed by atoms with Crippen molar-refractivity contribution in [2.45, 2.75) is 36.5 Å². The van der Waals surface area contributed by atoms with E-state index in [0.29, 0.717) is 13.1 Å². The summed E-state index contributed by atoms with van der Waals surface area (Å²) in [6.45, 7) is 0.887. The molecule has 2 heterocycles. The third kappa shape index (κ3) is 6.15. The van der Waals surface area contributed by atoms with Gasteiger partial charge in [0.2, 0.25) is 21.8 Å². The number of benzene rings is 2. The van der Waals surface area contributed by atoms with Crippen LogP contribution in [0.2, 0.25) is 5.02 Å². The molecule has 0 saturated carbocycles. The molecule has 0 unspecified atom stereocenters. The van der Waals surface area contributed by atoms with E-state index in [2.05, 4.69) is 10.6 Å². The van der Waals surface area contributed by atoms with Crippen LogP contribution < -0.4 is 10.6 Å². The summed E-state index contributed by atoms with van der Waals surface area (Å²) in [6, 6.07) is 12.1. The van der Waals surface area contributed by atoms with Crippen molar-refractivity contribution in [1.29, 1.82) is 5.26 Å². The van der Waals surface area contributed by atoms with Gasteiger partial charge in [-0.1, -0.05) is 48.0 Å². The minimum Gasteiger partial charge on any atom is -0.324 e. The van der Waals surface area contributed by atoms with Crippen LogP contribution in [-0.4, -0.2) is 43.4 Å². The number of nitrogens with zero attached hydrogens (tertiary/aromatic N) is 2. The number of halogens is 2. The molecule has 2 N–H and O–H groups in total. The minimum absolute atomic E-state index is 0.0310. The maximum absolute atomic E-state index is 14.4. The molecule has 0 aliphatic carbocycles. The smallest absolute Gasteiger partial charge is 0.243 e. The van der Waals surface area contributed by atoms with Crippen LogP contribution in [0.3, 0.4) is 0 Å². The molecule has 8 nitrogen and oxygen atoms in total. The third-order valence-electron chi connectivity index (χ3n) is 6.15. The van der Waals surface area contributed by atoms with Gasteiger partial charge in [0.1, 0.15) is 5.82 Å². The highest BCUT2D eigenvalue weighted by Crippen LogP contribution is 2.37. The van der Waals surface area contributed by atoms with Crippen LogP contribution in [0.5, 0.6) is 0 Å². The monoisotopic (exact) mass is 562 g/mol. The first kappa shape index (κ1) is 27.1. The molecule has 2 aromatic carbocycles. The van der Waals surface area contributed by atoms with E-state index in [0.717, 1.165) is 31.0 Å². The first-order valence-electron chi connectivity index (χ1n) is 11.6. The summed E-state index contributed by atoms with van der Waals surface area (Å²) in [6.07, 6.45) is 2.48. The zero-order chi connectivity index (χ0) is 26.6. The summed E-state index contributed by atoms with van der Waals surface area (Å²) in [4.78, 5) is 25.1. The fourth-order valence-electron chi connectivity index (χ4n) is 4.30. The lowest BCUT2D eigenvalue weighted by atomic mass is 9.87. The van der Waals surface area contributed by atoms with Crippen LogP contribution in [0.4, 0.5) is 10.1 Å².